The summed E-state index contributed by atoms with van der Waals surface area (Å²) in [6.07, 6.45) is 1.86. The number of hydrogen-bond acceptors (Lipinski definition) is 3. The van der Waals surface area contributed by atoms with E-state index in [0.29, 0.717) is 6.54 Å². The Hall–Kier alpha value is -3.09. The van der Waals surface area contributed by atoms with Crippen molar-refractivity contribution in [1.82, 2.24) is 24.6 Å². The maximum absolute atomic E-state index is 13.2. The van der Waals surface area contributed by atoms with E-state index in [2.05, 4.69) is 41.4 Å². The van der Waals surface area contributed by atoms with Gasteiger partial charge < -0.3 is 15.2 Å². The maximum Gasteiger partial charge on any atom is 0.322 e. The van der Waals surface area contributed by atoms with E-state index < -0.39 is 0 Å². The molecule has 2 aromatic heterocycles. The molecule has 2 N–H and O–H groups in total. The minimum atomic E-state index is -0.0951. The molecular formula is C23H30N6O. The van der Waals surface area contributed by atoms with Crippen molar-refractivity contribution in [3.05, 3.63) is 53.2 Å². The molecule has 0 radical (unpaired) electrons. The Kier molecular flexibility index (Phi) is 5.37. The predicted molar refractivity (Wildman–Crippen MR) is 119 cm³/mol. The number of H-pyrrole nitrogens is 1. The first-order valence-electron chi connectivity index (χ1n) is 10.6. The molecule has 30 heavy (non-hydrogen) atoms. The number of imidazole rings is 1. The van der Waals surface area contributed by atoms with Crippen LogP contribution in [0.2, 0.25) is 0 Å². The van der Waals surface area contributed by atoms with Gasteiger partial charge in [-0.15, -0.1) is 0 Å². The second kappa shape index (κ2) is 7.97. The van der Waals surface area contributed by atoms with Crippen LogP contribution in [-0.2, 0) is 0 Å². The first kappa shape index (κ1) is 20.2. The largest absolute Gasteiger partial charge is 0.344 e. The summed E-state index contributed by atoms with van der Waals surface area (Å²) in [5.74, 6) is 0.852. The summed E-state index contributed by atoms with van der Waals surface area (Å²) < 4.78 is 1.95. The molecule has 1 aliphatic rings. The number of carbonyl (C=O) groups is 1. The van der Waals surface area contributed by atoms with Crippen molar-refractivity contribution >= 4 is 11.7 Å². The monoisotopic (exact) mass is 406 g/mol. The lowest BCUT2D eigenvalue weighted by Gasteiger charge is -2.23. The summed E-state index contributed by atoms with van der Waals surface area (Å²) in [4.78, 5) is 23.4. The molecule has 7 heteroatoms. The van der Waals surface area contributed by atoms with Crippen LogP contribution in [0.15, 0.2) is 30.3 Å². The lowest BCUT2D eigenvalue weighted by Crippen LogP contribution is -2.35. The van der Waals surface area contributed by atoms with E-state index in [4.69, 9.17) is 4.98 Å². The molecule has 3 heterocycles. The van der Waals surface area contributed by atoms with Gasteiger partial charge >= 0.3 is 6.03 Å². The molecule has 4 rings (SSSR count). The zero-order chi connectivity index (χ0) is 21.4. The fourth-order valence-corrected chi connectivity index (χ4v) is 4.34. The highest BCUT2D eigenvalue weighted by Crippen LogP contribution is 2.34. The molecule has 0 spiro atoms. The van der Waals surface area contributed by atoms with Gasteiger partial charge in [0.25, 0.3) is 0 Å². The molecule has 7 nitrogen and oxygen atoms in total. The smallest absolute Gasteiger partial charge is 0.322 e. The molecule has 158 valence electrons. The second-order valence-electron chi connectivity index (χ2n) is 8.33. The number of aromatic amines is 1. The van der Waals surface area contributed by atoms with Gasteiger partial charge in [0.1, 0.15) is 5.82 Å². The van der Waals surface area contributed by atoms with Crippen molar-refractivity contribution in [3.63, 3.8) is 0 Å². The van der Waals surface area contributed by atoms with Crippen molar-refractivity contribution < 1.29 is 4.79 Å². The third kappa shape index (κ3) is 3.60. The summed E-state index contributed by atoms with van der Waals surface area (Å²) in [5, 5.41) is 7.69. The SMILES string of the molecule is Cc1nn(C(C)C)c(C)c1NC(=O)N1CCC[C@@H]1c1nc(-c2ccccc2)c(C)[nH]1. The standard InChI is InChI=1S/C23H30N6O/c1-14(2)29-17(5)20(16(4)27-29)26-23(30)28-13-9-12-19(28)22-24-15(3)21(25-22)18-10-7-6-8-11-18/h6-8,10-11,14,19H,9,12-13H2,1-5H3,(H,24,25)(H,26,30)/t19-/m1/s1. The van der Waals surface area contributed by atoms with E-state index in [-0.39, 0.29) is 18.1 Å². The van der Waals surface area contributed by atoms with E-state index >= 15 is 0 Å². The number of hydrogen-bond donors (Lipinski definition) is 2. The molecule has 0 unspecified atom stereocenters. The average Bonchev–Trinajstić information content (AvgIpc) is 3.42. The third-order valence-electron chi connectivity index (χ3n) is 5.83. The van der Waals surface area contributed by atoms with Crippen molar-refractivity contribution in [2.75, 3.05) is 11.9 Å². The van der Waals surface area contributed by atoms with Crippen molar-refractivity contribution in [1.29, 1.82) is 0 Å². The quantitative estimate of drug-likeness (QED) is 0.629. The number of amides is 2. The fourth-order valence-electron chi connectivity index (χ4n) is 4.34. The minimum Gasteiger partial charge on any atom is -0.344 e. The zero-order valence-corrected chi connectivity index (χ0v) is 18.4. The van der Waals surface area contributed by atoms with Crippen molar-refractivity contribution in [2.45, 2.75) is 59.5 Å². The number of aromatic nitrogens is 4. The molecule has 1 aliphatic heterocycles. The van der Waals surface area contributed by atoms with E-state index in [9.17, 15) is 4.79 Å². The summed E-state index contributed by atoms with van der Waals surface area (Å²) >= 11 is 0. The van der Waals surface area contributed by atoms with Gasteiger partial charge in [0.15, 0.2) is 0 Å². The molecule has 0 aliphatic carbocycles. The maximum atomic E-state index is 13.2. The van der Waals surface area contributed by atoms with Gasteiger partial charge in [-0.05, 0) is 47.5 Å². The Bertz CT molecular complexity index is 1050. The van der Waals surface area contributed by atoms with Crippen LogP contribution >= 0.6 is 0 Å². The average molecular weight is 407 g/mol. The first-order valence-corrected chi connectivity index (χ1v) is 10.6. The number of nitrogens with one attached hydrogen (secondary N) is 2. The summed E-state index contributed by atoms with van der Waals surface area (Å²) in [7, 11) is 0. The molecule has 2 amide bonds. The fraction of sp³-hybridized carbons (Fsp3) is 0.435. The summed E-state index contributed by atoms with van der Waals surface area (Å²) in [6, 6.07) is 10.2. The van der Waals surface area contributed by atoms with Crippen LogP contribution < -0.4 is 5.32 Å². The van der Waals surface area contributed by atoms with E-state index in [1.807, 2.05) is 48.6 Å². The molecule has 0 bridgehead atoms. The van der Waals surface area contributed by atoms with Crippen LogP contribution in [0, 0.1) is 20.8 Å². The second-order valence-corrected chi connectivity index (χ2v) is 8.33. The van der Waals surface area contributed by atoms with Gasteiger partial charge in [-0.3, -0.25) is 4.68 Å². The van der Waals surface area contributed by atoms with E-state index in [0.717, 1.165) is 52.7 Å². The topological polar surface area (TPSA) is 78.8 Å². The number of carbonyl (C=O) groups excluding carboxylic acids is 1. The van der Waals surface area contributed by atoms with Crippen LogP contribution in [0.4, 0.5) is 10.5 Å². The Morgan fingerprint density at radius 3 is 2.60 bits per heavy atom. The Balaban J connectivity index is 1.57. The molecule has 1 aromatic carbocycles. The molecular weight excluding hydrogens is 376 g/mol. The lowest BCUT2D eigenvalue weighted by molar-refractivity contribution is 0.205. The third-order valence-corrected chi connectivity index (χ3v) is 5.83. The molecule has 1 atom stereocenters. The number of urea groups is 1. The molecule has 0 saturated carbocycles. The minimum absolute atomic E-state index is 0.0538. The predicted octanol–water partition coefficient (Wildman–Crippen LogP) is 5.15. The number of likely N-dealkylation sites (tertiary alicyclic amines) is 1. The number of aryl methyl sites for hydroxylation is 2. The Labute approximate surface area is 177 Å². The Morgan fingerprint density at radius 2 is 1.93 bits per heavy atom. The number of rotatable bonds is 4. The first-order chi connectivity index (χ1) is 14.4. The summed E-state index contributed by atoms with van der Waals surface area (Å²) in [5.41, 5.74) is 5.67. The zero-order valence-electron chi connectivity index (χ0n) is 18.4. The number of nitrogens with zero attached hydrogens (tertiary/aromatic N) is 4. The van der Waals surface area contributed by atoms with Gasteiger partial charge in [-0.1, -0.05) is 30.3 Å². The van der Waals surface area contributed by atoms with Gasteiger partial charge in [0.05, 0.1) is 28.8 Å². The number of benzene rings is 1. The van der Waals surface area contributed by atoms with Crippen LogP contribution in [0.1, 0.15) is 61.7 Å². The highest BCUT2D eigenvalue weighted by Gasteiger charge is 2.33. The highest BCUT2D eigenvalue weighted by atomic mass is 16.2. The van der Waals surface area contributed by atoms with E-state index in [1.54, 1.807) is 0 Å². The highest BCUT2D eigenvalue weighted by molar-refractivity contribution is 5.91. The van der Waals surface area contributed by atoms with Gasteiger partial charge in [-0.25, -0.2) is 9.78 Å². The van der Waals surface area contributed by atoms with Crippen LogP contribution in [0.25, 0.3) is 11.3 Å². The summed E-state index contributed by atoms with van der Waals surface area (Å²) in [6.45, 7) is 10.9. The van der Waals surface area contributed by atoms with Crippen LogP contribution in [0.5, 0.6) is 0 Å². The van der Waals surface area contributed by atoms with Crippen molar-refractivity contribution in [3.8, 4) is 11.3 Å². The molecule has 3 aromatic rings. The lowest BCUT2D eigenvalue weighted by atomic mass is 10.1. The van der Waals surface area contributed by atoms with Gasteiger partial charge in [0.2, 0.25) is 0 Å². The molecule has 1 saturated heterocycles. The van der Waals surface area contributed by atoms with Crippen LogP contribution in [0.3, 0.4) is 0 Å². The van der Waals surface area contributed by atoms with Gasteiger partial charge in [0, 0.05) is 23.8 Å². The van der Waals surface area contributed by atoms with E-state index in [1.165, 1.54) is 0 Å². The molecule has 1 fully saturated rings. The Morgan fingerprint density at radius 1 is 1.20 bits per heavy atom. The normalized spacial score (nSPS) is 16.5. The number of anilines is 1. The van der Waals surface area contributed by atoms with Crippen LogP contribution in [-0.4, -0.2) is 37.2 Å². The van der Waals surface area contributed by atoms with Crippen molar-refractivity contribution in [2.24, 2.45) is 0 Å². The van der Waals surface area contributed by atoms with Gasteiger partial charge in [-0.2, -0.15) is 5.10 Å².